The van der Waals surface area contributed by atoms with Crippen molar-refractivity contribution in [2.24, 2.45) is 18.9 Å². The van der Waals surface area contributed by atoms with Crippen molar-refractivity contribution in [2.75, 3.05) is 13.7 Å². The fourth-order valence-electron chi connectivity index (χ4n) is 6.36. The molecule has 3 fully saturated rings. The summed E-state index contributed by atoms with van der Waals surface area (Å²) in [5, 5.41) is 3.02. The predicted octanol–water partition coefficient (Wildman–Crippen LogP) is 4.71. The normalized spacial score (nSPS) is 21.9. The van der Waals surface area contributed by atoms with Gasteiger partial charge in [0.1, 0.15) is 16.9 Å². The second-order valence-corrected chi connectivity index (χ2v) is 13.4. The monoisotopic (exact) mass is 625 g/mol. The zero-order chi connectivity index (χ0) is 29.2. The third-order valence-electron chi connectivity index (χ3n) is 8.43. The molecular weight excluding hydrogens is 590 g/mol. The summed E-state index contributed by atoms with van der Waals surface area (Å²) in [4.78, 5) is 46.2. The molecule has 1 aliphatic heterocycles. The zero-order valence-electron chi connectivity index (χ0n) is 24.1. The van der Waals surface area contributed by atoms with E-state index in [1.807, 2.05) is 43.4 Å². The van der Waals surface area contributed by atoms with Crippen molar-refractivity contribution in [2.45, 2.75) is 70.7 Å². The topological polar surface area (TPSA) is 108 Å². The van der Waals surface area contributed by atoms with Crippen molar-refractivity contribution in [3.63, 3.8) is 0 Å². The number of hydrogen-bond acceptors (Lipinski definition) is 6. The summed E-state index contributed by atoms with van der Waals surface area (Å²) in [5.74, 6) is 1.74. The van der Waals surface area contributed by atoms with Gasteiger partial charge >= 0.3 is 6.09 Å². The van der Waals surface area contributed by atoms with Crippen LogP contribution in [0.15, 0.2) is 33.5 Å². The first-order chi connectivity index (χ1) is 19.4. The molecular formula is C30H36BrN5O5. The van der Waals surface area contributed by atoms with Crippen LogP contribution < -0.4 is 15.6 Å². The van der Waals surface area contributed by atoms with E-state index in [-0.39, 0.29) is 29.5 Å². The van der Waals surface area contributed by atoms with E-state index in [2.05, 4.69) is 21.2 Å². The maximum Gasteiger partial charge on any atom is 0.407 e. The molecule has 2 bridgehead atoms. The molecule has 3 aromatic rings. The van der Waals surface area contributed by atoms with Crippen LogP contribution in [0.3, 0.4) is 0 Å². The molecule has 1 aromatic carbocycles. The molecule has 6 rings (SSSR count). The number of pyridine rings is 1. The number of carbonyl (C=O) groups excluding carboxylic acids is 2. The number of piperidine rings is 1. The van der Waals surface area contributed by atoms with Crippen molar-refractivity contribution in [1.29, 1.82) is 0 Å². The number of fused-ring (bicyclic) bond motifs is 3. The smallest absolute Gasteiger partial charge is 0.407 e. The van der Waals surface area contributed by atoms with Gasteiger partial charge in [0.2, 0.25) is 0 Å². The van der Waals surface area contributed by atoms with Crippen LogP contribution in [-0.4, -0.2) is 62.4 Å². The molecule has 1 N–H and O–H groups in total. The van der Waals surface area contributed by atoms with Gasteiger partial charge in [0.15, 0.2) is 5.82 Å². The van der Waals surface area contributed by atoms with E-state index >= 15 is 0 Å². The van der Waals surface area contributed by atoms with Gasteiger partial charge in [-0.25, -0.2) is 9.78 Å². The summed E-state index contributed by atoms with van der Waals surface area (Å²) >= 11 is 3.39. The van der Waals surface area contributed by atoms with Crippen LogP contribution in [0, 0.1) is 11.8 Å². The lowest BCUT2D eigenvalue weighted by Crippen LogP contribution is -2.46. The average Bonchev–Trinajstić information content (AvgIpc) is 3.47. The summed E-state index contributed by atoms with van der Waals surface area (Å²) in [6, 6.07) is 7.00. The molecule has 218 valence electrons. The zero-order valence-corrected chi connectivity index (χ0v) is 25.7. The lowest BCUT2D eigenvalue weighted by atomic mass is 10.1. The number of aryl methyl sites for hydroxylation is 1. The number of ether oxygens (including phenoxy) is 2. The second-order valence-electron chi connectivity index (χ2n) is 12.5. The number of rotatable bonds is 6. The lowest BCUT2D eigenvalue weighted by Gasteiger charge is -2.28. The van der Waals surface area contributed by atoms with Gasteiger partial charge in [-0.15, -0.1) is 0 Å². The van der Waals surface area contributed by atoms with Gasteiger partial charge in [-0.05, 0) is 98.5 Å². The minimum Gasteiger partial charge on any atom is -0.494 e. The Morgan fingerprint density at radius 1 is 1.15 bits per heavy atom. The van der Waals surface area contributed by atoms with Gasteiger partial charge in [0, 0.05) is 25.7 Å². The summed E-state index contributed by atoms with van der Waals surface area (Å²) in [5.41, 5.74) is 1.90. The van der Waals surface area contributed by atoms with Gasteiger partial charge in [-0.1, -0.05) is 0 Å². The first kappa shape index (κ1) is 27.8. The maximum absolute atomic E-state index is 13.9. The van der Waals surface area contributed by atoms with Gasteiger partial charge in [-0.2, -0.15) is 0 Å². The molecule has 2 aliphatic carbocycles. The van der Waals surface area contributed by atoms with Crippen molar-refractivity contribution in [3.8, 4) is 17.3 Å². The van der Waals surface area contributed by atoms with Crippen LogP contribution >= 0.6 is 15.9 Å². The van der Waals surface area contributed by atoms with E-state index in [1.54, 1.807) is 29.9 Å². The molecule has 2 aromatic heterocycles. The molecule has 2 amide bonds. The Labute approximate surface area is 247 Å². The Balaban J connectivity index is 1.32. The standard InChI is InChI=1S/C30H36BrN5O5/c1-30(2,3)41-29(39)33-24-17-8-10-21(24)36(15-17)27(37)18-12-20-25(23(13-18)40-5)34(4)26(32-20)22-11-9-19(31)28(38)35(22)14-16-6-7-16/h9,11-13,16-17,21,24H,6-8,10,14-15H2,1-5H3,(H,33,39)/t17-,21-,24-/m1/s1. The number of methoxy groups -OCH3 is 1. The lowest BCUT2D eigenvalue weighted by molar-refractivity contribution is 0.0485. The minimum atomic E-state index is -0.590. The van der Waals surface area contributed by atoms with Gasteiger partial charge in [0.25, 0.3) is 11.5 Å². The Kier molecular flexibility index (Phi) is 6.91. The average molecular weight is 627 g/mol. The Hall–Kier alpha value is -3.34. The number of nitrogens with zero attached hydrogens (tertiary/aromatic N) is 4. The maximum atomic E-state index is 13.9. The SMILES string of the molecule is COc1cc(C(=O)N2C[C@H]3CC[C@@H]2[C@@H]3NC(=O)OC(C)(C)C)cc2nc(-c3ccc(Br)c(=O)n3CC3CC3)n(C)c12. The third kappa shape index (κ3) is 5.13. The molecule has 0 radical (unpaired) electrons. The summed E-state index contributed by atoms with van der Waals surface area (Å²) in [6.45, 7) is 6.72. The van der Waals surface area contributed by atoms with Gasteiger partial charge in [-0.3, -0.25) is 9.59 Å². The highest BCUT2D eigenvalue weighted by molar-refractivity contribution is 9.10. The fraction of sp³-hybridized carbons (Fsp3) is 0.533. The molecule has 3 aliphatic rings. The van der Waals surface area contributed by atoms with Crippen molar-refractivity contribution in [3.05, 3.63) is 44.7 Å². The number of imidazole rings is 1. The van der Waals surface area contributed by atoms with E-state index in [9.17, 15) is 14.4 Å². The van der Waals surface area contributed by atoms with Gasteiger partial charge < -0.3 is 28.8 Å². The van der Waals surface area contributed by atoms with E-state index in [1.165, 1.54) is 0 Å². The second kappa shape index (κ2) is 10.2. The van der Waals surface area contributed by atoms with Crippen LogP contribution in [0.4, 0.5) is 4.79 Å². The van der Waals surface area contributed by atoms with E-state index in [0.29, 0.717) is 46.1 Å². The summed E-state index contributed by atoms with van der Waals surface area (Å²) in [6.07, 6.45) is 3.56. The summed E-state index contributed by atoms with van der Waals surface area (Å²) < 4.78 is 15.5. The number of amides is 2. The number of aromatic nitrogens is 3. The number of nitrogens with one attached hydrogen (secondary N) is 1. The molecule has 0 unspecified atom stereocenters. The van der Waals surface area contributed by atoms with E-state index < -0.39 is 11.7 Å². The van der Waals surface area contributed by atoms with Gasteiger partial charge in [0.05, 0.1) is 34.9 Å². The Morgan fingerprint density at radius 2 is 1.90 bits per heavy atom. The minimum absolute atomic E-state index is 0.0806. The molecule has 41 heavy (non-hydrogen) atoms. The quantitative estimate of drug-likeness (QED) is 0.425. The van der Waals surface area contributed by atoms with Crippen LogP contribution in [-0.2, 0) is 18.3 Å². The largest absolute Gasteiger partial charge is 0.494 e. The predicted molar refractivity (Wildman–Crippen MR) is 158 cm³/mol. The molecule has 2 saturated carbocycles. The van der Waals surface area contributed by atoms with Crippen LogP contribution in [0.1, 0.15) is 56.8 Å². The molecule has 11 heteroatoms. The number of alkyl carbamates (subject to hydrolysis) is 1. The molecule has 3 heterocycles. The molecule has 3 atom stereocenters. The number of benzene rings is 1. The highest BCUT2D eigenvalue weighted by atomic mass is 79.9. The van der Waals surface area contributed by atoms with E-state index in [0.717, 1.165) is 36.9 Å². The number of likely N-dealkylation sites (tertiary alicyclic amines) is 1. The van der Waals surface area contributed by atoms with Crippen molar-refractivity contribution in [1.82, 2.24) is 24.3 Å². The number of halogens is 1. The summed E-state index contributed by atoms with van der Waals surface area (Å²) in [7, 11) is 3.48. The van der Waals surface area contributed by atoms with E-state index in [4.69, 9.17) is 14.5 Å². The third-order valence-corrected chi connectivity index (χ3v) is 9.03. The molecule has 1 saturated heterocycles. The first-order valence-corrected chi connectivity index (χ1v) is 15.0. The highest BCUT2D eigenvalue weighted by Crippen LogP contribution is 2.40. The molecule has 0 spiro atoms. The van der Waals surface area contributed by atoms with Crippen LogP contribution in [0.5, 0.6) is 5.75 Å². The fourth-order valence-corrected chi connectivity index (χ4v) is 6.71. The van der Waals surface area contributed by atoms with Crippen molar-refractivity contribution < 1.29 is 19.1 Å². The Bertz CT molecular complexity index is 1600. The first-order valence-electron chi connectivity index (χ1n) is 14.2. The number of carbonyl (C=O) groups is 2. The van der Waals surface area contributed by atoms with Crippen LogP contribution in [0.25, 0.3) is 22.6 Å². The van der Waals surface area contributed by atoms with Crippen molar-refractivity contribution >= 4 is 39.0 Å². The van der Waals surface area contributed by atoms with Crippen LogP contribution in [0.2, 0.25) is 0 Å². The highest BCUT2D eigenvalue weighted by Gasteiger charge is 2.50. The Morgan fingerprint density at radius 3 is 2.59 bits per heavy atom. The molecule has 10 nitrogen and oxygen atoms in total. The number of hydrogen-bond donors (Lipinski definition) is 1.